The molecular weight excluding hydrogens is 180 g/mol. The lowest BCUT2D eigenvalue weighted by atomic mass is 10.1. The molecule has 0 heterocycles. The van der Waals surface area contributed by atoms with Gasteiger partial charge in [-0.25, -0.2) is 0 Å². The molecule has 0 aliphatic heterocycles. The Balaban J connectivity index is 2.66. The zero-order valence-corrected chi connectivity index (χ0v) is 9.03. The van der Waals surface area contributed by atoms with Gasteiger partial charge in [0.25, 0.3) is 0 Å². The second kappa shape index (κ2) is 3.56. The molecule has 3 nitrogen and oxygen atoms in total. The van der Waals surface area contributed by atoms with Crippen molar-refractivity contribution in [3.63, 3.8) is 0 Å². The molecule has 2 atom stereocenters. The second-order valence-corrected chi connectivity index (χ2v) is 4.32. The minimum Gasteiger partial charge on any atom is -0.469 e. The number of hydrogen-bond acceptors (Lipinski definition) is 3. The highest BCUT2D eigenvalue weighted by molar-refractivity contribution is 5.87. The molecule has 0 bridgehead atoms. The number of methoxy groups -OCH3 is 1. The molecule has 0 amide bonds. The molecule has 0 N–H and O–H groups in total. The van der Waals surface area contributed by atoms with Crippen LogP contribution >= 0.6 is 0 Å². The second-order valence-electron chi connectivity index (χ2n) is 4.32. The van der Waals surface area contributed by atoms with Gasteiger partial charge in [-0.1, -0.05) is 19.9 Å². The monoisotopic (exact) mass is 196 g/mol. The van der Waals surface area contributed by atoms with E-state index < -0.39 is 0 Å². The van der Waals surface area contributed by atoms with Crippen molar-refractivity contribution in [1.29, 1.82) is 0 Å². The molecule has 1 aliphatic carbocycles. The number of carbonyl (C=O) groups excluding carboxylic acids is 2. The molecule has 3 heteroatoms. The van der Waals surface area contributed by atoms with Crippen LogP contribution in [0.3, 0.4) is 0 Å². The molecule has 14 heavy (non-hydrogen) atoms. The number of ether oxygens (including phenoxy) is 1. The Morgan fingerprint density at radius 1 is 1.36 bits per heavy atom. The summed E-state index contributed by atoms with van der Waals surface area (Å²) in [5.41, 5.74) is -0.0704. The predicted molar refractivity (Wildman–Crippen MR) is 52.6 cm³/mol. The fraction of sp³-hybridized carbons (Fsp3) is 0.636. The van der Waals surface area contributed by atoms with Gasteiger partial charge in [0.15, 0.2) is 5.78 Å². The van der Waals surface area contributed by atoms with Crippen molar-refractivity contribution in [2.45, 2.75) is 20.8 Å². The van der Waals surface area contributed by atoms with Gasteiger partial charge >= 0.3 is 5.97 Å². The lowest BCUT2D eigenvalue weighted by molar-refractivity contribution is -0.143. The summed E-state index contributed by atoms with van der Waals surface area (Å²) < 4.78 is 4.69. The number of hydrogen-bond donors (Lipinski definition) is 0. The van der Waals surface area contributed by atoms with E-state index in [0.29, 0.717) is 0 Å². The van der Waals surface area contributed by atoms with E-state index in [1.807, 2.05) is 19.9 Å². The van der Waals surface area contributed by atoms with Gasteiger partial charge in [-0.05, 0) is 24.3 Å². The van der Waals surface area contributed by atoms with Crippen LogP contribution in [0.2, 0.25) is 0 Å². The molecule has 0 spiro atoms. The van der Waals surface area contributed by atoms with Gasteiger partial charge in [-0.3, -0.25) is 9.59 Å². The van der Waals surface area contributed by atoms with E-state index >= 15 is 0 Å². The molecule has 0 aromatic rings. The highest BCUT2D eigenvalue weighted by Crippen LogP contribution is 2.59. The lowest BCUT2D eigenvalue weighted by Crippen LogP contribution is -2.07. The molecule has 0 unspecified atom stereocenters. The van der Waals surface area contributed by atoms with E-state index in [-0.39, 0.29) is 29.0 Å². The van der Waals surface area contributed by atoms with Crippen molar-refractivity contribution in [2.24, 2.45) is 17.3 Å². The van der Waals surface area contributed by atoms with E-state index in [2.05, 4.69) is 4.74 Å². The van der Waals surface area contributed by atoms with Crippen LogP contribution in [0.25, 0.3) is 0 Å². The van der Waals surface area contributed by atoms with Crippen LogP contribution in [0.1, 0.15) is 20.8 Å². The van der Waals surface area contributed by atoms with Crippen molar-refractivity contribution >= 4 is 11.8 Å². The summed E-state index contributed by atoms with van der Waals surface area (Å²) in [6.07, 6.45) is 3.33. The first-order chi connectivity index (χ1) is 6.41. The normalized spacial score (nSPS) is 28.9. The summed E-state index contributed by atoms with van der Waals surface area (Å²) in [7, 11) is 1.39. The molecule has 0 aromatic heterocycles. The van der Waals surface area contributed by atoms with Gasteiger partial charge in [0, 0.05) is 0 Å². The maximum atomic E-state index is 11.3. The van der Waals surface area contributed by atoms with Gasteiger partial charge in [-0.15, -0.1) is 0 Å². The molecule has 0 radical (unpaired) electrons. The Hall–Kier alpha value is -1.12. The molecule has 1 fully saturated rings. The van der Waals surface area contributed by atoms with Crippen LogP contribution in [-0.4, -0.2) is 18.9 Å². The zero-order valence-electron chi connectivity index (χ0n) is 9.03. The van der Waals surface area contributed by atoms with Crippen molar-refractivity contribution in [3.8, 4) is 0 Å². The van der Waals surface area contributed by atoms with E-state index in [9.17, 15) is 9.59 Å². The van der Waals surface area contributed by atoms with Gasteiger partial charge in [0.1, 0.15) is 0 Å². The molecule has 0 aromatic carbocycles. The number of carbonyl (C=O) groups is 2. The first-order valence-corrected chi connectivity index (χ1v) is 4.68. The topological polar surface area (TPSA) is 43.4 Å². The van der Waals surface area contributed by atoms with Crippen LogP contribution in [-0.2, 0) is 14.3 Å². The largest absolute Gasteiger partial charge is 0.469 e. The molecule has 78 valence electrons. The Morgan fingerprint density at radius 2 is 1.93 bits per heavy atom. The fourth-order valence-electron chi connectivity index (χ4n) is 1.85. The van der Waals surface area contributed by atoms with Gasteiger partial charge < -0.3 is 4.74 Å². The summed E-state index contributed by atoms with van der Waals surface area (Å²) >= 11 is 0. The number of ketones is 1. The first kappa shape index (κ1) is 11.0. The summed E-state index contributed by atoms with van der Waals surface area (Å²) in [6.45, 7) is 5.51. The smallest absolute Gasteiger partial charge is 0.309 e. The summed E-state index contributed by atoms with van der Waals surface area (Å²) in [5, 5.41) is 0. The van der Waals surface area contributed by atoms with Crippen LogP contribution in [0.5, 0.6) is 0 Å². The standard InChI is InChI=1S/C11H16O3/c1-7(12)5-6-8-9(10(13)14-4)11(8,2)3/h5-6,8-9H,1-4H3/t8-,9+/m1/s1. The number of allylic oxidation sites excluding steroid dienone is 2. The van der Waals surface area contributed by atoms with Crippen LogP contribution in [0.15, 0.2) is 12.2 Å². The van der Waals surface area contributed by atoms with E-state index in [4.69, 9.17) is 0 Å². The highest BCUT2D eigenvalue weighted by atomic mass is 16.5. The van der Waals surface area contributed by atoms with E-state index in [1.54, 1.807) is 0 Å². The summed E-state index contributed by atoms with van der Waals surface area (Å²) in [4.78, 5) is 22.0. The minimum atomic E-state index is -0.187. The van der Waals surface area contributed by atoms with Gasteiger partial charge in [0.2, 0.25) is 0 Å². The summed E-state index contributed by atoms with van der Waals surface area (Å²) in [6, 6.07) is 0. The van der Waals surface area contributed by atoms with Crippen molar-refractivity contribution in [2.75, 3.05) is 7.11 Å². The molecule has 0 saturated heterocycles. The molecule has 1 rings (SSSR count). The van der Waals surface area contributed by atoms with E-state index in [0.717, 1.165) is 0 Å². The van der Waals surface area contributed by atoms with E-state index in [1.165, 1.54) is 20.1 Å². The molecule has 1 aliphatic rings. The van der Waals surface area contributed by atoms with Crippen LogP contribution in [0.4, 0.5) is 0 Å². The molecule has 1 saturated carbocycles. The van der Waals surface area contributed by atoms with Crippen LogP contribution in [0, 0.1) is 17.3 Å². The van der Waals surface area contributed by atoms with Crippen molar-refractivity contribution < 1.29 is 14.3 Å². The lowest BCUT2D eigenvalue weighted by Gasteiger charge is -1.98. The average Bonchev–Trinajstić information content (AvgIpc) is 2.63. The van der Waals surface area contributed by atoms with Crippen LogP contribution < -0.4 is 0 Å². The fourth-order valence-corrected chi connectivity index (χ4v) is 1.85. The van der Waals surface area contributed by atoms with Crippen molar-refractivity contribution in [1.82, 2.24) is 0 Å². The number of rotatable bonds is 3. The Labute approximate surface area is 84.1 Å². The van der Waals surface area contributed by atoms with Gasteiger partial charge in [-0.2, -0.15) is 0 Å². The van der Waals surface area contributed by atoms with Gasteiger partial charge in [0.05, 0.1) is 13.0 Å². The minimum absolute atomic E-state index is 0.0105. The zero-order chi connectivity index (χ0) is 10.9. The SMILES string of the molecule is COC(=O)[C@@H]1[C@@H](C=CC(C)=O)C1(C)C. The maximum Gasteiger partial charge on any atom is 0.309 e. The summed E-state index contributed by atoms with van der Waals surface area (Å²) in [5.74, 6) is -0.133. The predicted octanol–water partition coefficient (Wildman–Crippen LogP) is 1.58. The third kappa shape index (κ3) is 1.86. The Kier molecular flexibility index (Phi) is 2.79. The third-order valence-electron chi connectivity index (χ3n) is 2.90. The Morgan fingerprint density at radius 3 is 2.36 bits per heavy atom. The molecular formula is C11H16O3. The average molecular weight is 196 g/mol. The highest BCUT2D eigenvalue weighted by Gasteiger charge is 2.61. The maximum absolute atomic E-state index is 11.3. The quantitative estimate of drug-likeness (QED) is 0.508. The van der Waals surface area contributed by atoms with Crippen molar-refractivity contribution in [3.05, 3.63) is 12.2 Å². The first-order valence-electron chi connectivity index (χ1n) is 4.68. The Bertz CT molecular complexity index is 289. The third-order valence-corrected chi connectivity index (χ3v) is 2.90. The number of esters is 1.